The van der Waals surface area contributed by atoms with Crippen LogP contribution in [0, 0.1) is 0 Å². The van der Waals surface area contributed by atoms with E-state index in [4.69, 9.17) is 0 Å². The van der Waals surface area contributed by atoms with Gasteiger partial charge in [0.25, 0.3) is 5.91 Å². The number of piperidine rings is 1. The molecule has 2 aromatic rings. The Labute approximate surface area is 155 Å². The van der Waals surface area contributed by atoms with Gasteiger partial charge in [0.2, 0.25) is 11.8 Å². The monoisotopic (exact) mass is 363 g/mol. The van der Waals surface area contributed by atoms with Crippen LogP contribution in [0.5, 0.6) is 0 Å². The van der Waals surface area contributed by atoms with E-state index in [1.54, 1.807) is 24.3 Å². The zero-order chi connectivity index (χ0) is 19.1. The van der Waals surface area contributed by atoms with Gasteiger partial charge in [0, 0.05) is 35.9 Å². The van der Waals surface area contributed by atoms with Crippen LogP contribution in [-0.4, -0.2) is 39.4 Å². The Hall–Kier alpha value is -3.35. The normalized spacial score (nSPS) is 19.1. The van der Waals surface area contributed by atoms with E-state index in [-0.39, 0.29) is 24.0 Å². The van der Waals surface area contributed by atoms with Crippen LogP contribution in [0.15, 0.2) is 36.5 Å². The molecule has 1 aromatic carbocycles. The Balaban J connectivity index is 1.60. The third kappa shape index (κ3) is 3.01. The maximum atomic E-state index is 12.7. The van der Waals surface area contributed by atoms with E-state index in [0.29, 0.717) is 29.8 Å². The van der Waals surface area contributed by atoms with Gasteiger partial charge in [0.1, 0.15) is 6.04 Å². The largest absolute Gasteiger partial charge is 0.322 e. The Morgan fingerprint density at radius 3 is 2.67 bits per heavy atom. The smallest absolute Gasteiger partial charge is 0.255 e. The number of nitrogens with zero attached hydrogens (tertiary/aromatic N) is 2. The van der Waals surface area contributed by atoms with E-state index in [2.05, 4.69) is 10.3 Å². The van der Waals surface area contributed by atoms with Crippen LogP contribution in [0.4, 0.5) is 0 Å². The highest BCUT2D eigenvalue weighted by atomic mass is 16.2. The van der Waals surface area contributed by atoms with Gasteiger partial charge in [-0.15, -0.1) is 0 Å². The van der Waals surface area contributed by atoms with Crippen LogP contribution in [-0.2, 0) is 16.1 Å². The first-order valence-corrected chi connectivity index (χ1v) is 8.69. The van der Waals surface area contributed by atoms with Crippen molar-refractivity contribution in [3.05, 3.63) is 53.2 Å². The molecule has 1 aromatic heterocycles. The lowest BCUT2D eigenvalue weighted by Gasteiger charge is -2.29. The minimum atomic E-state index is -0.626. The van der Waals surface area contributed by atoms with E-state index in [1.807, 2.05) is 6.07 Å². The third-order valence-corrected chi connectivity index (χ3v) is 4.99. The topological polar surface area (TPSA) is 96.4 Å². The Bertz CT molecular complexity index is 981. The zero-order valence-electron chi connectivity index (χ0n) is 14.7. The molecule has 1 saturated heterocycles. The molecule has 3 heterocycles. The quantitative estimate of drug-likeness (QED) is 0.661. The molecule has 0 bridgehead atoms. The third-order valence-electron chi connectivity index (χ3n) is 4.99. The summed E-state index contributed by atoms with van der Waals surface area (Å²) in [6.45, 7) is 1.81. The Kier molecular flexibility index (Phi) is 4.07. The molecule has 0 saturated carbocycles. The lowest BCUT2D eigenvalue weighted by Crippen LogP contribution is -2.52. The summed E-state index contributed by atoms with van der Waals surface area (Å²) in [6, 6.07) is 8.29. The van der Waals surface area contributed by atoms with E-state index in [9.17, 15) is 19.2 Å². The van der Waals surface area contributed by atoms with Crippen molar-refractivity contribution in [2.45, 2.75) is 32.4 Å². The second-order valence-electron chi connectivity index (χ2n) is 6.76. The standard InChI is InChI=1S/C20H17N3O4/c1-11(24)13-3-5-16(21-9-13)12-2-4-15-14(8-12)10-23(20(15)27)17-6-7-18(25)22-19(17)26/h2-5,8-9,17H,6-7,10H2,1H3,(H,22,25,26). The molecular weight excluding hydrogens is 346 g/mol. The average molecular weight is 363 g/mol. The van der Waals surface area contributed by atoms with Crippen molar-refractivity contribution in [3.8, 4) is 11.3 Å². The van der Waals surface area contributed by atoms with Crippen LogP contribution in [0.25, 0.3) is 11.3 Å². The molecule has 1 N–H and O–H groups in total. The van der Waals surface area contributed by atoms with Crippen LogP contribution in [0.3, 0.4) is 0 Å². The highest BCUT2D eigenvalue weighted by molar-refractivity contribution is 6.05. The number of imide groups is 1. The molecule has 1 unspecified atom stereocenters. The number of benzene rings is 1. The fourth-order valence-corrected chi connectivity index (χ4v) is 3.51. The van der Waals surface area contributed by atoms with Crippen LogP contribution in [0.2, 0.25) is 0 Å². The van der Waals surface area contributed by atoms with Crippen LogP contribution < -0.4 is 5.32 Å². The molecule has 7 heteroatoms. The van der Waals surface area contributed by atoms with Crippen molar-refractivity contribution in [1.82, 2.24) is 15.2 Å². The summed E-state index contributed by atoms with van der Waals surface area (Å²) in [4.78, 5) is 53.4. The molecule has 2 aliphatic heterocycles. The Morgan fingerprint density at radius 2 is 2.00 bits per heavy atom. The highest BCUT2D eigenvalue weighted by Gasteiger charge is 2.39. The van der Waals surface area contributed by atoms with Gasteiger partial charge >= 0.3 is 0 Å². The lowest BCUT2D eigenvalue weighted by atomic mass is 10.0. The van der Waals surface area contributed by atoms with Gasteiger partial charge in [0.05, 0.1) is 5.69 Å². The van der Waals surface area contributed by atoms with Gasteiger partial charge in [-0.3, -0.25) is 29.5 Å². The van der Waals surface area contributed by atoms with Crippen molar-refractivity contribution in [2.24, 2.45) is 0 Å². The first-order valence-electron chi connectivity index (χ1n) is 8.69. The van der Waals surface area contributed by atoms with Gasteiger partial charge in [-0.05, 0) is 43.2 Å². The molecule has 0 spiro atoms. The molecule has 0 radical (unpaired) electrons. The van der Waals surface area contributed by atoms with Crippen LogP contribution in [0.1, 0.15) is 46.0 Å². The van der Waals surface area contributed by atoms with Gasteiger partial charge < -0.3 is 4.90 Å². The van der Waals surface area contributed by atoms with Gasteiger partial charge in [0.15, 0.2) is 5.78 Å². The summed E-state index contributed by atoms with van der Waals surface area (Å²) in [5, 5.41) is 2.30. The number of carbonyl (C=O) groups is 4. The molecule has 2 aliphatic rings. The van der Waals surface area contributed by atoms with E-state index >= 15 is 0 Å². The van der Waals surface area contributed by atoms with E-state index in [0.717, 1.165) is 11.1 Å². The minimum Gasteiger partial charge on any atom is -0.322 e. The van der Waals surface area contributed by atoms with Crippen molar-refractivity contribution in [2.75, 3.05) is 0 Å². The molecule has 0 aliphatic carbocycles. The molecule has 3 amide bonds. The zero-order valence-corrected chi connectivity index (χ0v) is 14.7. The fourth-order valence-electron chi connectivity index (χ4n) is 3.51. The molecule has 4 rings (SSSR count). The highest BCUT2D eigenvalue weighted by Crippen LogP contribution is 2.30. The molecule has 7 nitrogen and oxygen atoms in total. The van der Waals surface area contributed by atoms with Crippen molar-refractivity contribution in [3.63, 3.8) is 0 Å². The fraction of sp³-hybridized carbons (Fsp3) is 0.250. The molecule has 1 fully saturated rings. The predicted octanol–water partition coefficient (Wildman–Crippen LogP) is 1.71. The number of rotatable bonds is 3. The number of nitrogens with one attached hydrogen (secondary N) is 1. The SMILES string of the molecule is CC(=O)c1ccc(-c2ccc3c(c2)CN(C2CCC(=O)NC2=O)C3=O)nc1. The first-order chi connectivity index (χ1) is 12.9. The second kappa shape index (κ2) is 6.42. The Morgan fingerprint density at radius 1 is 1.19 bits per heavy atom. The second-order valence-corrected chi connectivity index (χ2v) is 6.76. The number of fused-ring (bicyclic) bond motifs is 1. The number of carbonyl (C=O) groups excluding carboxylic acids is 4. The summed E-state index contributed by atoms with van der Waals surface area (Å²) in [6.07, 6.45) is 2.10. The molecular formula is C20H17N3O4. The summed E-state index contributed by atoms with van der Waals surface area (Å²) in [5.41, 5.74) is 3.46. The first kappa shape index (κ1) is 17.1. The summed E-state index contributed by atoms with van der Waals surface area (Å²) in [7, 11) is 0. The molecule has 136 valence electrons. The number of hydrogen-bond acceptors (Lipinski definition) is 5. The maximum absolute atomic E-state index is 12.7. The van der Waals surface area contributed by atoms with E-state index < -0.39 is 11.9 Å². The lowest BCUT2D eigenvalue weighted by molar-refractivity contribution is -0.136. The number of hydrogen-bond donors (Lipinski definition) is 1. The van der Waals surface area contributed by atoms with Crippen molar-refractivity contribution in [1.29, 1.82) is 0 Å². The average Bonchev–Trinajstić information content (AvgIpc) is 2.98. The maximum Gasteiger partial charge on any atom is 0.255 e. The molecule has 1 atom stereocenters. The number of ketones is 1. The summed E-state index contributed by atoms with van der Waals surface area (Å²) < 4.78 is 0. The van der Waals surface area contributed by atoms with Crippen molar-refractivity contribution < 1.29 is 19.2 Å². The van der Waals surface area contributed by atoms with E-state index in [1.165, 1.54) is 18.0 Å². The number of aromatic nitrogens is 1. The van der Waals surface area contributed by atoms with Gasteiger partial charge in [-0.25, -0.2) is 0 Å². The minimum absolute atomic E-state index is 0.0477. The number of amides is 3. The van der Waals surface area contributed by atoms with Gasteiger partial charge in [-0.1, -0.05) is 6.07 Å². The molecule has 27 heavy (non-hydrogen) atoms. The van der Waals surface area contributed by atoms with Crippen LogP contribution >= 0.6 is 0 Å². The summed E-state index contributed by atoms with van der Waals surface area (Å²) >= 11 is 0. The van der Waals surface area contributed by atoms with Gasteiger partial charge in [-0.2, -0.15) is 0 Å². The summed E-state index contributed by atoms with van der Waals surface area (Å²) in [5.74, 6) is -0.976. The number of Topliss-reactive ketones (excluding diaryl/α,β-unsaturated/α-hetero) is 1. The van der Waals surface area contributed by atoms with Crippen molar-refractivity contribution >= 4 is 23.5 Å². The predicted molar refractivity (Wildman–Crippen MR) is 95.7 cm³/mol. The number of pyridine rings is 1.